The van der Waals surface area contributed by atoms with Gasteiger partial charge in [0.1, 0.15) is 0 Å². The van der Waals surface area contributed by atoms with Crippen molar-refractivity contribution in [3.63, 3.8) is 0 Å². The Hall–Kier alpha value is -0.0800. The van der Waals surface area contributed by atoms with Crippen molar-refractivity contribution in [2.75, 3.05) is 19.6 Å². The van der Waals surface area contributed by atoms with Crippen molar-refractivity contribution in [3.8, 4) is 0 Å². The fourth-order valence-electron chi connectivity index (χ4n) is 1.36. The van der Waals surface area contributed by atoms with E-state index in [9.17, 15) is 0 Å². The Bertz CT molecular complexity index is 93.3. The predicted octanol–water partition coefficient (Wildman–Crippen LogP) is 0.820. The van der Waals surface area contributed by atoms with Crippen LogP contribution < -0.4 is 5.73 Å². The number of unbranched alkanes of at least 4 members (excludes halogenated alkanes) is 1. The summed E-state index contributed by atoms with van der Waals surface area (Å²) in [6.07, 6.45) is 3.85. The van der Waals surface area contributed by atoms with E-state index in [4.69, 9.17) is 5.73 Å². The summed E-state index contributed by atoms with van der Waals surface area (Å²) in [6, 6.07) is 0.845. The molecule has 2 N–H and O–H groups in total. The smallest absolute Gasteiger partial charge is 0.00791 e. The maximum absolute atomic E-state index is 5.39. The fraction of sp³-hybridized carbons (Fsp3) is 1.00. The maximum atomic E-state index is 5.39. The number of nitrogens with zero attached hydrogens (tertiary/aromatic N) is 1. The Morgan fingerprint density at radius 2 is 2.30 bits per heavy atom. The zero-order chi connectivity index (χ0) is 7.40. The van der Waals surface area contributed by atoms with Crippen molar-refractivity contribution in [1.82, 2.24) is 4.90 Å². The molecule has 1 aliphatic rings. The minimum Gasteiger partial charge on any atom is -0.330 e. The van der Waals surface area contributed by atoms with Gasteiger partial charge in [-0.25, -0.2) is 0 Å². The van der Waals surface area contributed by atoms with Crippen molar-refractivity contribution in [1.29, 1.82) is 0 Å². The normalized spacial score (nSPS) is 26.4. The first kappa shape index (κ1) is 8.02. The van der Waals surface area contributed by atoms with Gasteiger partial charge >= 0.3 is 0 Å². The van der Waals surface area contributed by atoms with Crippen LogP contribution in [0.3, 0.4) is 0 Å². The highest BCUT2D eigenvalue weighted by Gasteiger charge is 2.21. The highest BCUT2D eigenvalue weighted by molar-refractivity contribution is 4.77. The monoisotopic (exact) mass is 142 g/mol. The molecule has 1 fully saturated rings. The van der Waals surface area contributed by atoms with Gasteiger partial charge in [-0.3, -0.25) is 0 Å². The molecule has 0 aromatic heterocycles. The van der Waals surface area contributed by atoms with Crippen LogP contribution in [-0.2, 0) is 0 Å². The van der Waals surface area contributed by atoms with Crippen LogP contribution in [0.15, 0.2) is 0 Å². The minimum atomic E-state index is 0.845. The molecule has 10 heavy (non-hydrogen) atoms. The summed E-state index contributed by atoms with van der Waals surface area (Å²) in [5.74, 6) is 0. The van der Waals surface area contributed by atoms with Gasteiger partial charge < -0.3 is 10.6 Å². The molecule has 0 aromatic rings. The second-order valence-electron chi connectivity index (χ2n) is 3.17. The molecule has 1 atom stereocenters. The van der Waals surface area contributed by atoms with E-state index >= 15 is 0 Å². The van der Waals surface area contributed by atoms with Crippen LogP contribution in [-0.4, -0.2) is 30.6 Å². The largest absolute Gasteiger partial charge is 0.330 e. The summed E-state index contributed by atoms with van der Waals surface area (Å²) >= 11 is 0. The van der Waals surface area contributed by atoms with Gasteiger partial charge in [-0.1, -0.05) is 0 Å². The molecule has 1 unspecified atom stereocenters. The number of rotatable bonds is 4. The molecule has 1 aliphatic heterocycles. The lowest BCUT2D eigenvalue weighted by Crippen LogP contribution is -2.45. The van der Waals surface area contributed by atoms with E-state index in [1.807, 2.05) is 0 Å². The van der Waals surface area contributed by atoms with Crippen molar-refractivity contribution >= 4 is 0 Å². The lowest BCUT2D eigenvalue weighted by molar-refractivity contribution is 0.103. The molecule has 2 nitrogen and oxygen atoms in total. The van der Waals surface area contributed by atoms with Crippen molar-refractivity contribution in [2.45, 2.75) is 32.2 Å². The van der Waals surface area contributed by atoms with Crippen LogP contribution in [0.5, 0.6) is 0 Å². The van der Waals surface area contributed by atoms with Crippen LogP contribution in [0.4, 0.5) is 0 Å². The number of likely N-dealkylation sites (tertiary alicyclic amines) is 1. The van der Waals surface area contributed by atoms with Gasteiger partial charge in [0.15, 0.2) is 0 Å². The lowest BCUT2D eigenvalue weighted by atomic mass is 10.1. The molecule has 0 saturated carbocycles. The third-order valence-electron chi connectivity index (χ3n) is 2.36. The highest BCUT2D eigenvalue weighted by Crippen LogP contribution is 2.16. The number of hydrogen-bond donors (Lipinski definition) is 1. The fourth-order valence-corrected chi connectivity index (χ4v) is 1.36. The summed E-state index contributed by atoms with van der Waals surface area (Å²) < 4.78 is 0. The molecular weight excluding hydrogens is 124 g/mol. The Morgan fingerprint density at radius 3 is 2.70 bits per heavy atom. The Morgan fingerprint density at radius 1 is 1.50 bits per heavy atom. The molecule has 1 heterocycles. The van der Waals surface area contributed by atoms with Gasteiger partial charge in [-0.2, -0.15) is 0 Å². The molecule has 0 bridgehead atoms. The first-order chi connectivity index (χ1) is 4.84. The SMILES string of the molecule is CC1CCN1CCCCN. The van der Waals surface area contributed by atoms with Crippen LogP contribution in [0.25, 0.3) is 0 Å². The van der Waals surface area contributed by atoms with E-state index in [0.717, 1.165) is 12.6 Å². The summed E-state index contributed by atoms with van der Waals surface area (Å²) in [4.78, 5) is 2.52. The average Bonchev–Trinajstić information content (AvgIpc) is 1.95. The summed E-state index contributed by atoms with van der Waals surface area (Å²) in [7, 11) is 0. The van der Waals surface area contributed by atoms with E-state index in [0.29, 0.717) is 0 Å². The molecule has 60 valence electrons. The first-order valence-corrected chi connectivity index (χ1v) is 4.28. The highest BCUT2D eigenvalue weighted by atomic mass is 15.2. The van der Waals surface area contributed by atoms with E-state index in [1.165, 1.54) is 32.4 Å². The topological polar surface area (TPSA) is 29.3 Å². The second-order valence-corrected chi connectivity index (χ2v) is 3.17. The zero-order valence-electron chi connectivity index (χ0n) is 6.84. The molecule has 0 spiro atoms. The van der Waals surface area contributed by atoms with Gasteiger partial charge in [-0.05, 0) is 45.8 Å². The molecule has 0 radical (unpaired) electrons. The van der Waals surface area contributed by atoms with Crippen LogP contribution >= 0.6 is 0 Å². The van der Waals surface area contributed by atoms with Crippen LogP contribution in [0, 0.1) is 0 Å². The van der Waals surface area contributed by atoms with E-state index in [-0.39, 0.29) is 0 Å². The van der Waals surface area contributed by atoms with Crippen molar-refractivity contribution < 1.29 is 0 Å². The molecule has 2 heteroatoms. The third kappa shape index (κ3) is 1.96. The summed E-state index contributed by atoms with van der Waals surface area (Å²) in [5, 5.41) is 0. The number of hydrogen-bond acceptors (Lipinski definition) is 2. The molecule has 1 rings (SSSR count). The predicted molar refractivity (Wildman–Crippen MR) is 43.9 cm³/mol. The van der Waals surface area contributed by atoms with Gasteiger partial charge in [0, 0.05) is 6.04 Å². The van der Waals surface area contributed by atoms with Gasteiger partial charge in [0.05, 0.1) is 0 Å². The Labute approximate surface area is 63.4 Å². The van der Waals surface area contributed by atoms with Gasteiger partial charge in [0.2, 0.25) is 0 Å². The summed E-state index contributed by atoms with van der Waals surface area (Å²) in [5.41, 5.74) is 5.39. The minimum absolute atomic E-state index is 0.845. The average molecular weight is 142 g/mol. The van der Waals surface area contributed by atoms with Crippen molar-refractivity contribution in [2.24, 2.45) is 5.73 Å². The van der Waals surface area contributed by atoms with Crippen LogP contribution in [0.1, 0.15) is 26.2 Å². The molecular formula is C8H18N2. The van der Waals surface area contributed by atoms with Crippen molar-refractivity contribution in [3.05, 3.63) is 0 Å². The summed E-state index contributed by atoms with van der Waals surface area (Å²) in [6.45, 7) is 5.72. The van der Waals surface area contributed by atoms with E-state index in [2.05, 4.69) is 11.8 Å². The Balaban J connectivity index is 1.92. The molecule has 0 amide bonds. The third-order valence-corrected chi connectivity index (χ3v) is 2.36. The van der Waals surface area contributed by atoms with Gasteiger partial charge in [-0.15, -0.1) is 0 Å². The first-order valence-electron chi connectivity index (χ1n) is 4.28. The van der Waals surface area contributed by atoms with E-state index < -0.39 is 0 Å². The lowest BCUT2D eigenvalue weighted by Gasteiger charge is -2.38. The molecule has 0 aromatic carbocycles. The zero-order valence-corrected chi connectivity index (χ0v) is 6.84. The van der Waals surface area contributed by atoms with E-state index in [1.54, 1.807) is 0 Å². The standard InChI is InChI=1S/C8H18N2/c1-8-4-7-10(8)6-3-2-5-9/h8H,2-7,9H2,1H3. The van der Waals surface area contributed by atoms with Gasteiger partial charge in [0.25, 0.3) is 0 Å². The molecule has 1 saturated heterocycles. The second kappa shape index (κ2) is 3.94. The molecule has 0 aliphatic carbocycles. The maximum Gasteiger partial charge on any atom is 0.00791 e. The number of nitrogens with two attached hydrogens (primary N) is 1. The Kier molecular flexibility index (Phi) is 3.16. The quantitative estimate of drug-likeness (QED) is 0.589. The van der Waals surface area contributed by atoms with Crippen LogP contribution in [0.2, 0.25) is 0 Å².